The van der Waals surface area contributed by atoms with Gasteiger partial charge >= 0.3 is 11.9 Å². The minimum Gasteiger partial charge on any atom is -0.494 e. The predicted molar refractivity (Wildman–Crippen MR) is 170 cm³/mol. The normalized spacial score (nSPS) is 11.6. The molecule has 0 saturated heterocycles. The van der Waals surface area contributed by atoms with E-state index in [4.69, 9.17) is 14.2 Å². The van der Waals surface area contributed by atoms with Crippen molar-refractivity contribution in [2.45, 2.75) is 91.4 Å². The molecule has 0 spiro atoms. The van der Waals surface area contributed by atoms with Crippen LogP contribution in [0.4, 0.5) is 0 Å². The van der Waals surface area contributed by atoms with Gasteiger partial charge in [-0.05, 0) is 78.4 Å². The SMILES string of the molecule is CCCCCCCCOc1ccc(-c2ccc(C(=O)Oc3ccc(C(=O)OC[C@@H](C)CCCCCC)cc3)cc2)cc1. The van der Waals surface area contributed by atoms with Gasteiger partial charge in [0.15, 0.2) is 0 Å². The molecule has 0 amide bonds. The summed E-state index contributed by atoms with van der Waals surface area (Å²) in [5, 5.41) is 0. The summed E-state index contributed by atoms with van der Waals surface area (Å²) in [5.74, 6) is 0.777. The number of hydrogen-bond donors (Lipinski definition) is 0. The molecule has 0 bridgehead atoms. The minimum absolute atomic E-state index is 0.338. The van der Waals surface area contributed by atoms with Crippen LogP contribution in [0.1, 0.15) is 112 Å². The highest BCUT2D eigenvalue weighted by Crippen LogP contribution is 2.24. The van der Waals surface area contributed by atoms with Gasteiger partial charge in [-0.15, -0.1) is 0 Å². The molecule has 5 nitrogen and oxygen atoms in total. The average molecular weight is 573 g/mol. The second kappa shape index (κ2) is 18.8. The number of carbonyl (C=O) groups is 2. The van der Waals surface area contributed by atoms with Crippen LogP contribution in [-0.4, -0.2) is 25.2 Å². The fourth-order valence-corrected chi connectivity index (χ4v) is 4.74. The van der Waals surface area contributed by atoms with Crippen molar-refractivity contribution in [1.29, 1.82) is 0 Å². The van der Waals surface area contributed by atoms with Gasteiger partial charge in [-0.1, -0.05) is 103 Å². The summed E-state index contributed by atoms with van der Waals surface area (Å²) < 4.78 is 16.9. The van der Waals surface area contributed by atoms with Crippen LogP contribution in [0.5, 0.6) is 11.5 Å². The number of rotatable bonds is 19. The van der Waals surface area contributed by atoms with E-state index in [2.05, 4.69) is 20.8 Å². The molecule has 0 aliphatic carbocycles. The molecule has 0 N–H and O–H groups in total. The highest BCUT2D eigenvalue weighted by atomic mass is 16.5. The van der Waals surface area contributed by atoms with Crippen molar-refractivity contribution in [2.24, 2.45) is 5.92 Å². The summed E-state index contributed by atoms with van der Waals surface area (Å²) in [5.41, 5.74) is 2.95. The van der Waals surface area contributed by atoms with Crippen molar-refractivity contribution in [1.82, 2.24) is 0 Å². The van der Waals surface area contributed by atoms with E-state index in [1.165, 1.54) is 51.4 Å². The Morgan fingerprint density at radius 2 is 1.10 bits per heavy atom. The molecule has 0 radical (unpaired) electrons. The molecule has 0 saturated carbocycles. The van der Waals surface area contributed by atoms with Gasteiger partial charge in [0, 0.05) is 0 Å². The summed E-state index contributed by atoms with van der Waals surface area (Å²) in [6.07, 6.45) is 13.4. The Labute approximate surface area is 252 Å². The van der Waals surface area contributed by atoms with Crippen molar-refractivity contribution in [3.8, 4) is 22.6 Å². The molecule has 3 aromatic rings. The molecule has 5 heteroatoms. The first-order valence-electron chi connectivity index (χ1n) is 15.8. The van der Waals surface area contributed by atoms with Gasteiger partial charge in [0.2, 0.25) is 0 Å². The van der Waals surface area contributed by atoms with Gasteiger partial charge in [-0.2, -0.15) is 0 Å². The minimum atomic E-state index is -0.452. The Morgan fingerprint density at radius 3 is 1.74 bits per heavy atom. The number of ether oxygens (including phenoxy) is 3. The number of hydrogen-bond acceptors (Lipinski definition) is 5. The van der Waals surface area contributed by atoms with E-state index in [9.17, 15) is 9.59 Å². The lowest BCUT2D eigenvalue weighted by atomic mass is 10.0. The van der Waals surface area contributed by atoms with Crippen LogP contribution in [0.25, 0.3) is 11.1 Å². The Balaban J connectivity index is 1.42. The second-order valence-corrected chi connectivity index (χ2v) is 11.2. The fourth-order valence-electron chi connectivity index (χ4n) is 4.74. The highest BCUT2D eigenvalue weighted by molar-refractivity contribution is 5.92. The van der Waals surface area contributed by atoms with Crippen LogP contribution < -0.4 is 9.47 Å². The first-order valence-corrected chi connectivity index (χ1v) is 15.8. The Morgan fingerprint density at radius 1 is 0.595 bits per heavy atom. The highest BCUT2D eigenvalue weighted by Gasteiger charge is 2.13. The molecule has 42 heavy (non-hydrogen) atoms. The second-order valence-electron chi connectivity index (χ2n) is 11.2. The summed E-state index contributed by atoms with van der Waals surface area (Å²) in [6, 6.07) is 21.9. The van der Waals surface area contributed by atoms with Crippen LogP contribution in [0.3, 0.4) is 0 Å². The lowest BCUT2D eigenvalue weighted by Gasteiger charge is -2.12. The van der Waals surface area contributed by atoms with E-state index < -0.39 is 5.97 Å². The molecule has 1 atom stereocenters. The summed E-state index contributed by atoms with van der Waals surface area (Å²) >= 11 is 0. The van der Waals surface area contributed by atoms with Crippen molar-refractivity contribution in [3.63, 3.8) is 0 Å². The third kappa shape index (κ3) is 11.7. The fraction of sp³-hybridized carbons (Fsp3) is 0.459. The maximum atomic E-state index is 12.7. The molecular weight excluding hydrogens is 524 g/mol. The number of benzene rings is 3. The molecule has 0 aromatic heterocycles. The monoisotopic (exact) mass is 572 g/mol. The number of esters is 2. The maximum absolute atomic E-state index is 12.7. The zero-order valence-corrected chi connectivity index (χ0v) is 25.7. The van der Waals surface area contributed by atoms with Crippen molar-refractivity contribution < 1.29 is 23.8 Å². The standard InChI is InChI=1S/C37H48O5/c1-4-6-8-10-11-13-27-40-34-23-19-31(20-24-34)30-15-17-33(18-16-30)37(39)42-35-25-21-32(22-26-35)36(38)41-28-29(3)14-12-9-7-5-2/h15-26,29H,4-14,27-28H2,1-3H3/t29-/m0/s1. The largest absolute Gasteiger partial charge is 0.494 e. The van der Waals surface area contributed by atoms with E-state index in [1.807, 2.05) is 36.4 Å². The van der Waals surface area contributed by atoms with Crippen LogP contribution in [0.15, 0.2) is 72.8 Å². The van der Waals surface area contributed by atoms with Gasteiger partial charge in [-0.3, -0.25) is 0 Å². The topological polar surface area (TPSA) is 61.8 Å². The van der Waals surface area contributed by atoms with Crippen molar-refractivity contribution in [2.75, 3.05) is 13.2 Å². The smallest absolute Gasteiger partial charge is 0.343 e. The van der Waals surface area contributed by atoms with Crippen LogP contribution >= 0.6 is 0 Å². The third-order valence-electron chi connectivity index (χ3n) is 7.42. The van der Waals surface area contributed by atoms with Gasteiger partial charge in [0.25, 0.3) is 0 Å². The third-order valence-corrected chi connectivity index (χ3v) is 7.42. The quantitative estimate of drug-likeness (QED) is 0.0812. The Bertz CT molecular complexity index is 1180. The van der Waals surface area contributed by atoms with E-state index in [-0.39, 0.29) is 5.97 Å². The Hall–Kier alpha value is -3.60. The van der Waals surface area contributed by atoms with Gasteiger partial charge < -0.3 is 14.2 Å². The van der Waals surface area contributed by atoms with Crippen molar-refractivity contribution >= 4 is 11.9 Å². The molecule has 0 fully saturated rings. The summed E-state index contributed by atoms with van der Waals surface area (Å²) in [4.78, 5) is 25.1. The number of carbonyl (C=O) groups excluding carboxylic acids is 2. The first kappa shape index (κ1) is 32.9. The predicted octanol–water partition coefficient (Wildman–Crippen LogP) is 10.1. The zero-order valence-electron chi connectivity index (χ0n) is 25.7. The molecule has 0 aliphatic heterocycles. The molecule has 0 heterocycles. The van der Waals surface area contributed by atoms with Crippen LogP contribution in [0.2, 0.25) is 0 Å². The average Bonchev–Trinajstić information content (AvgIpc) is 3.02. The van der Waals surface area contributed by atoms with Crippen LogP contribution in [0, 0.1) is 5.92 Å². The molecular formula is C37H48O5. The molecule has 0 unspecified atom stereocenters. The van der Waals surface area contributed by atoms with E-state index in [0.29, 0.717) is 29.4 Å². The molecule has 0 aliphatic rings. The zero-order chi connectivity index (χ0) is 30.0. The van der Waals surface area contributed by atoms with Gasteiger partial charge in [-0.25, -0.2) is 9.59 Å². The van der Waals surface area contributed by atoms with Crippen molar-refractivity contribution in [3.05, 3.63) is 83.9 Å². The number of unbranched alkanes of at least 4 members (excludes halogenated alkanes) is 8. The first-order chi connectivity index (χ1) is 20.5. The van der Waals surface area contributed by atoms with E-state index in [1.54, 1.807) is 36.4 Å². The lowest BCUT2D eigenvalue weighted by molar-refractivity contribution is 0.0442. The molecule has 3 aromatic carbocycles. The maximum Gasteiger partial charge on any atom is 0.343 e. The Kier molecular flexibility index (Phi) is 14.7. The van der Waals surface area contributed by atoms with Crippen LogP contribution in [-0.2, 0) is 4.74 Å². The van der Waals surface area contributed by atoms with E-state index >= 15 is 0 Å². The van der Waals surface area contributed by atoms with Gasteiger partial charge in [0.1, 0.15) is 11.5 Å². The van der Waals surface area contributed by atoms with Gasteiger partial charge in [0.05, 0.1) is 24.3 Å². The molecule has 3 rings (SSSR count). The lowest BCUT2D eigenvalue weighted by Crippen LogP contribution is -2.12. The summed E-state index contributed by atoms with van der Waals surface area (Å²) in [7, 11) is 0. The molecule has 226 valence electrons. The summed E-state index contributed by atoms with van der Waals surface area (Å²) in [6.45, 7) is 7.69. The van der Waals surface area contributed by atoms with E-state index in [0.717, 1.165) is 42.7 Å².